The van der Waals surface area contributed by atoms with Crippen molar-refractivity contribution >= 4 is 29.7 Å². The molecule has 0 spiro atoms. The minimum absolute atomic E-state index is 0. The number of hydrogen-bond acceptors (Lipinski definition) is 4. The summed E-state index contributed by atoms with van der Waals surface area (Å²) >= 11 is 1.27. The predicted octanol–water partition coefficient (Wildman–Crippen LogP) is 2.19. The van der Waals surface area contributed by atoms with Crippen molar-refractivity contribution in [2.75, 3.05) is 26.7 Å². The number of amides is 1. The fraction of sp³-hybridized carbons (Fsp3) is 0.750. The van der Waals surface area contributed by atoms with Gasteiger partial charge < -0.3 is 14.8 Å². The number of carbonyl (C=O) groups is 1. The predicted molar refractivity (Wildman–Crippen MR) is 97.8 cm³/mol. The molecule has 1 aliphatic rings. The van der Waals surface area contributed by atoms with E-state index >= 15 is 0 Å². The van der Waals surface area contributed by atoms with E-state index in [9.17, 15) is 9.59 Å². The van der Waals surface area contributed by atoms with Gasteiger partial charge in [0.25, 0.3) is 0 Å². The number of likely N-dealkylation sites (tertiary alicyclic amines) is 1. The van der Waals surface area contributed by atoms with E-state index in [1.807, 2.05) is 25.8 Å². The number of hydrogen-bond donors (Lipinski definition) is 1. The number of thiazole rings is 1. The van der Waals surface area contributed by atoms with E-state index in [0.717, 1.165) is 49.0 Å². The monoisotopic (exact) mass is 361 g/mol. The van der Waals surface area contributed by atoms with Crippen molar-refractivity contribution in [1.29, 1.82) is 0 Å². The van der Waals surface area contributed by atoms with E-state index in [1.54, 1.807) is 4.57 Å². The van der Waals surface area contributed by atoms with Crippen molar-refractivity contribution < 1.29 is 4.79 Å². The van der Waals surface area contributed by atoms with Crippen LogP contribution in [-0.4, -0.2) is 42.1 Å². The molecular formula is C16H28ClN3O2S. The summed E-state index contributed by atoms with van der Waals surface area (Å²) in [5.74, 6) is 0.920. The first-order valence-corrected chi connectivity index (χ1v) is 8.93. The number of nitrogens with one attached hydrogen (secondary N) is 1. The second-order valence-electron chi connectivity index (χ2n) is 6.13. The standard InChI is InChI=1S/C16H27N3O2S.ClH/c1-12-13(2)22-16(21)19(12)11-7-15(20)18-9-5-14(6-10-18)4-8-17-3;/h14,17H,4-11H2,1-3H3;1H. The fourth-order valence-electron chi connectivity index (χ4n) is 3.03. The van der Waals surface area contributed by atoms with Gasteiger partial charge in [0.1, 0.15) is 0 Å². The van der Waals surface area contributed by atoms with E-state index in [-0.39, 0.29) is 23.2 Å². The molecule has 1 fully saturated rings. The van der Waals surface area contributed by atoms with Crippen LogP contribution >= 0.6 is 23.7 Å². The third-order valence-electron chi connectivity index (χ3n) is 4.69. The zero-order valence-corrected chi connectivity index (χ0v) is 15.9. The van der Waals surface area contributed by atoms with Crippen molar-refractivity contribution in [2.24, 2.45) is 5.92 Å². The lowest BCUT2D eigenvalue weighted by molar-refractivity contribution is -0.132. The van der Waals surface area contributed by atoms with Crippen LogP contribution in [0.3, 0.4) is 0 Å². The summed E-state index contributed by atoms with van der Waals surface area (Å²) in [6, 6.07) is 0. The van der Waals surface area contributed by atoms with Gasteiger partial charge in [0.15, 0.2) is 0 Å². The first-order valence-electron chi connectivity index (χ1n) is 8.12. The number of nitrogens with zero attached hydrogens (tertiary/aromatic N) is 2. The molecule has 7 heteroatoms. The van der Waals surface area contributed by atoms with Gasteiger partial charge >= 0.3 is 4.87 Å². The molecule has 0 bridgehead atoms. The maximum atomic E-state index is 12.3. The first kappa shape index (κ1) is 20.2. The molecule has 2 rings (SSSR count). The van der Waals surface area contributed by atoms with Gasteiger partial charge in [-0.3, -0.25) is 9.59 Å². The van der Waals surface area contributed by atoms with E-state index < -0.39 is 0 Å². The number of rotatable bonds is 6. The second-order valence-corrected chi connectivity index (χ2v) is 7.29. The first-order chi connectivity index (χ1) is 10.5. The summed E-state index contributed by atoms with van der Waals surface area (Å²) < 4.78 is 1.73. The van der Waals surface area contributed by atoms with Gasteiger partial charge in [-0.25, -0.2) is 0 Å². The highest BCUT2D eigenvalue weighted by atomic mass is 35.5. The van der Waals surface area contributed by atoms with Gasteiger partial charge in [0, 0.05) is 36.6 Å². The van der Waals surface area contributed by atoms with Crippen LogP contribution in [0, 0.1) is 19.8 Å². The molecule has 0 saturated carbocycles. The SMILES string of the molecule is CNCCC1CCN(C(=O)CCn2c(C)c(C)sc2=O)CC1.Cl. The van der Waals surface area contributed by atoms with Crippen LogP contribution in [0.15, 0.2) is 4.79 Å². The van der Waals surface area contributed by atoms with Crippen LogP contribution in [0.1, 0.15) is 36.3 Å². The summed E-state index contributed by atoms with van der Waals surface area (Å²) in [4.78, 5) is 27.2. The minimum Gasteiger partial charge on any atom is -0.343 e. The Balaban J connectivity index is 0.00000264. The topological polar surface area (TPSA) is 54.3 Å². The molecule has 0 aromatic carbocycles. The van der Waals surface area contributed by atoms with E-state index in [4.69, 9.17) is 0 Å². The van der Waals surface area contributed by atoms with Crippen LogP contribution in [0.2, 0.25) is 0 Å². The van der Waals surface area contributed by atoms with E-state index in [1.165, 1.54) is 17.8 Å². The highest BCUT2D eigenvalue weighted by molar-refractivity contribution is 7.09. The highest BCUT2D eigenvalue weighted by Crippen LogP contribution is 2.20. The molecule has 1 amide bonds. The molecule has 5 nitrogen and oxygen atoms in total. The molecule has 1 aliphatic heterocycles. The maximum Gasteiger partial charge on any atom is 0.307 e. The van der Waals surface area contributed by atoms with Crippen LogP contribution in [0.4, 0.5) is 0 Å². The molecule has 132 valence electrons. The molecule has 0 aliphatic carbocycles. The van der Waals surface area contributed by atoms with Crippen molar-refractivity contribution in [1.82, 2.24) is 14.8 Å². The van der Waals surface area contributed by atoms with Crippen LogP contribution in [0.25, 0.3) is 0 Å². The molecule has 1 aromatic heterocycles. The number of aryl methyl sites for hydroxylation is 1. The van der Waals surface area contributed by atoms with Gasteiger partial charge in [0.05, 0.1) is 0 Å². The van der Waals surface area contributed by atoms with Crippen molar-refractivity contribution in [3.8, 4) is 0 Å². The molecule has 1 aromatic rings. The number of halogens is 1. The lowest BCUT2D eigenvalue weighted by atomic mass is 9.93. The Hall–Kier alpha value is -0.850. The van der Waals surface area contributed by atoms with Crippen molar-refractivity contribution in [3.63, 3.8) is 0 Å². The summed E-state index contributed by atoms with van der Waals surface area (Å²) in [5.41, 5.74) is 0.994. The Labute approximate surface area is 148 Å². The summed E-state index contributed by atoms with van der Waals surface area (Å²) in [7, 11) is 1.98. The average molecular weight is 362 g/mol. The maximum absolute atomic E-state index is 12.3. The summed E-state index contributed by atoms with van der Waals surface area (Å²) in [6.45, 7) is 7.19. The third kappa shape index (κ3) is 5.33. The van der Waals surface area contributed by atoms with Gasteiger partial charge in [-0.2, -0.15) is 0 Å². The minimum atomic E-state index is 0. The molecule has 1 saturated heterocycles. The largest absolute Gasteiger partial charge is 0.343 e. The van der Waals surface area contributed by atoms with Gasteiger partial charge in [-0.1, -0.05) is 11.3 Å². The summed E-state index contributed by atoms with van der Waals surface area (Å²) in [6.07, 6.45) is 3.83. The van der Waals surface area contributed by atoms with Crippen molar-refractivity contribution in [2.45, 2.75) is 46.1 Å². The molecule has 0 unspecified atom stereocenters. The number of piperidine rings is 1. The normalized spacial score (nSPS) is 15.5. The second kappa shape index (κ2) is 9.45. The Morgan fingerprint density at radius 2 is 1.96 bits per heavy atom. The van der Waals surface area contributed by atoms with E-state index in [2.05, 4.69) is 5.32 Å². The molecule has 1 N–H and O–H groups in total. The molecule has 0 radical (unpaired) electrons. The lowest BCUT2D eigenvalue weighted by Crippen LogP contribution is -2.39. The molecule has 2 heterocycles. The van der Waals surface area contributed by atoms with Crippen molar-refractivity contribution in [3.05, 3.63) is 20.2 Å². The molecular weight excluding hydrogens is 334 g/mol. The lowest BCUT2D eigenvalue weighted by Gasteiger charge is -2.32. The average Bonchev–Trinajstić information content (AvgIpc) is 2.76. The van der Waals surface area contributed by atoms with Crippen LogP contribution in [-0.2, 0) is 11.3 Å². The Morgan fingerprint density at radius 3 is 2.48 bits per heavy atom. The Bertz CT molecular complexity index is 562. The zero-order valence-electron chi connectivity index (χ0n) is 14.3. The van der Waals surface area contributed by atoms with Gasteiger partial charge in [-0.15, -0.1) is 12.4 Å². The summed E-state index contributed by atoms with van der Waals surface area (Å²) in [5, 5.41) is 3.19. The van der Waals surface area contributed by atoms with Crippen LogP contribution in [0.5, 0.6) is 0 Å². The third-order valence-corrected chi connectivity index (χ3v) is 5.69. The molecule has 0 atom stereocenters. The number of aromatic nitrogens is 1. The van der Waals surface area contributed by atoms with Gasteiger partial charge in [-0.05, 0) is 52.6 Å². The van der Waals surface area contributed by atoms with Gasteiger partial charge in [0.2, 0.25) is 5.91 Å². The van der Waals surface area contributed by atoms with Crippen LogP contribution < -0.4 is 10.2 Å². The number of carbonyl (C=O) groups excluding carboxylic acids is 1. The fourth-order valence-corrected chi connectivity index (χ4v) is 3.89. The highest BCUT2D eigenvalue weighted by Gasteiger charge is 2.22. The zero-order chi connectivity index (χ0) is 16.1. The van der Waals surface area contributed by atoms with E-state index in [0.29, 0.717) is 13.0 Å². The Kier molecular flexibility index (Phi) is 8.29. The smallest absolute Gasteiger partial charge is 0.307 e. The molecule has 23 heavy (non-hydrogen) atoms. The quantitative estimate of drug-likeness (QED) is 0.845. The Morgan fingerprint density at radius 1 is 1.30 bits per heavy atom.